The zero-order valence-corrected chi connectivity index (χ0v) is 12.0. The van der Waals surface area contributed by atoms with E-state index in [2.05, 4.69) is 4.98 Å². The fourth-order valence-corrected chi connectivity index (χ4v) is 3.77. The monoisotopic (exact) mass is 294 g/mol. The molecule has 1 aliphatic rings. The molecule has 0 aliphatic carbocycles. The maximum absolute atomic E-state index is 12.3. The van der Waals surface area contributed by atoms with Gasteiger partial charge in [-0.05, 0) is 19.8 Å². The van der Waals surface area contributed by atoms with E-state index in [9.17, 15) is 8.42 Å². The van der Waals surface area contributed by atoms with Crippen molar-refractivity contribution >= 4 is 22.4 Å². The van der Waals surface area contributed by atoms with E-state index in [1.807, 2.05) is 6.92 Å². The van der Waals surface area contributed by atoms with Crippen molar-refractivity contribution in [1.29, 1.82) is 0 Å². The fraction of sp³-hybridized carbons (Fsp3) is 0.700. The second-order valence-electron chi connectivity index (χ2n) is 4.19. The summed E-state index contributed by atoms with van der Waals surface area (Å²) >= 11 is 0. The van der Waals surface area contributed by atoms with Crippen LogP contribution in [0.3, 0.4) is 0 Å². The number of nitrogens with zero attached hydrogens (tertiary/aromatic N) is 3. The minimum atomic E-state index is -3.47. The summed E-state index contributed by atoms with van der Waals surface area (Å²) in [6, 6.07) is -0.0771. The Morgan fingerprint density at radius 1 is 1.56 bits per heavy atom. The van der Waals surface area contributed by atoms with Gasteiger partial charge in [-0.25, -0.2) is 13.4 Å². The van der Waals surface area contributed by atoms with Gasteiger partial charge in [0.2, 0.25) is 0 Å². The molecule has 2 rings (SSSR count). The van der Waals surface area contributed by atoms with Crippen LogP contribution < -0.4 is 5.73 Å². The largest absolute Gasteiger partial charge is 0.336 e. The van der Waals surface area contributed by atoms with Crippen LogP contribution in [0.5, 0.6) is 0 Å². The van der Waals surface area contributed by atoms with Gasteiger partial charge in [-0.1, -0.05) is 0 Å². The van der Waals surface area contributed by atoms with Crippen molar-refractivity contribution in [2.45, 2.75) is 37.4 Å². The van der Waals surface area contributed by atoms with Crippen molar-refractivity contribution in [2.24, 2.45) is 5.73 Å². The summed E-state index contributed by atoms with van der Waals surface area (Å²) in [5.41, 5.74) is 5.60. The highest BCUT2D eigenvalue weighted by Gasteiger charge is 2.35. The van der Waals surface area contributed by atoms with Gasteiger partial charge in [-0.15, -0.1) is 12.4 Å². The van der Waals surface area contributed by atoms with Gasteiger partial charge in [0.25, 0.3) is 10.0 Å². The number of rotatable bonds is 4. The van der Waals surface area contributed by atoms with Crippen LogP contribution in [-0.4, -0.2) is 41.4 Å². The molecule has 0 radical (unpaired) electrons. The smallest absolute Gasteiger partial charge is 0.262 e. The van der Waals surface area contributed by atoms with Gasteiger partial charge in [0.15, 0.2) is 5.03 Å². The quantitative estimate of drug-likeness (QED) is 0.873. The van der Waals surface area contributed by atoms with E-state index in [0.29, 0.717) is 19.6 Å². The Hall–Kier alpha value is -0.630. The Bertz CT molecular complexity index is 488. The van der Waals surface area contributed by atoms with Gasteiger partial charge in [-0.2, -0.15) is 4.31 Å². The summed E-state index contributed by atoms with van der Waals surface area (Å²) < 4.78 is 27.9. The SMILES string of the molecule is CCn1cnc(S(=O)(=O)N2CCCC2CN)c1.Cl. The molecule has 0 spiro atoms. The van der Waals surface area contributed by atoms with Crippen LogP contribution in [0, 0.1) is 0 Å². The molecule has 2 heterocycles. The van der Waals surface area contributed by atoms with Gasteiger partial charge in [-0.3, -0.25) is 0 Å². The molecular weight excluding hydrogens is 276 g/mol. The van der Waals surface area contributed by atoms with Crippen molar-refractivity contribution in [1.82, 2.24) is 13.9 Å². The highest BCUT2D eigenvalue weighted by atomic mass is 35.5. The van der Waals surface area contributed by atoms with E-state index in [1.54, 1.807) is 17.1 Å². The van der Waals surface area contributed by atoms with Gasteiger partial charge in [0.1, 0.15) is 0 Å². The highest BCUT2D eigenvalue weighted by Crippen LogP contribution is 2.24. The van der Waals surface area contributed by atoms with Crippen LogP contribution in [0.25, 0.3) is 0 Å². The topological polar surface area (TPSA) is 81.2 Å². The maximum Gasteiger partial charge on any atom is 0.262 e. The number of nitrogens with two attached hydrogens (primary N) is 1. The van der Waals surface area contributed by atoms with Crippen molar-refractivity contribution in [3.63, 3.8) is 0 Å². The average molecular weight is 295 g/mol. The Labute approximate surface area is 114 Å². The molecule has 0 bridgehead atoms. The normalized spacial score (nSPS) is 20.9. The van der Waals surface area contributed by atoms with Crippen molar-refractivity contribution in [2.75, 3.05) is 13.1 Å². The van der Waals surface area contributed by atoms with E-state index in [1.165, 1.54) is 4.31 Å². The fourth-order valence-electron chi connectivity index (χ4n) is 2.13. The number of halogens is 1. The Kier molecular flexibility index (Phi) is 5.15. The third kappa shape index (κ3) is 2.69. The molecule has 1 aliphatic heterocycles. The predicted molar refractivity (Wildman–Crippen MR) is 71.1 cm³/mol. The molecule has 0 saturated carbocycles. The third-order valence-corrected chi connectivity index (χ3v) is 4.98. The summed E-state index contributed by atoms with van der Waals surface area (Å²) in [6.07, 6.45) is 4.82. The molecule has 1 unspecified atom stereocenters. The van der Waals surface area contributed by atoms with Gasteiger partial charge >= 0.3 is 0 Å². The van der Waals surface area contributed by atoms with Crippen LogP contribution in [0.4, 0.5) is 0 Å². The van der Waals surface area contributed by atoms with Crippen LogP contribution >= 0.6 is 12.4 Å². The molecule has 1 fully saturated rings. The molecule has 18 heavy (non-hydrogen) atoms. The van der Waals surface area contributed by atoms with Crippen molar-refractivity contribution < 1.29 is 8.42 Å². The lowest BCUT2D eigenvalue weighted by Crippen LogP contribution is -2.39. The maximum atomic E-state index is 12.3. The molecule has 8 heteroatoms. The standard InChI is InChI=1S/C10H18N4O2S.ClH/c1-2-13-7-10(12-8-13)17(15,16)14-5-3-4-9(14)6-11;/h7-9H,2-6,11H2,1H3;1H. The summed E-state index contributed by atoms with van der Waals surface area (Å²) in [4.78, 5) is 3.96. The Morgan fingerprint density at radius 2 is 2.28 bits per heavy atom. The van der Waals surface area contributed by atoms with Crippen molar-refractivity contribution in [3.05, 3.63) is 12.5 Å². The second-order valence-corrected chi connectivity index (χ2v) is 6.03. The van der Waals surface area contributed by atoms with Crippen LogP contribution in [-0.2, 0) is 16.6 Å². The molecule has 2 N–H and O–H groups in total. The van der Waals surface area contributed by atoms with E-state index in [-0.39, 0.29) is 23.5 Å². The molecular formula is C10H19ClN4O2S. The number of sulfonamides is 1. The average Bonchev–Trinajstić information content (AvgIpc) is 2.97. The first kappa shape index (κ1) is 15.4. The third-order valence-electron chi connectivity index (χ3n) is 3.14. The second kappa shape index (κ2) is 6.01. The number of imidazole rings is 1. The van der Waals surface area contributed by atoms with Crippen LogP contribution in [0.2, 0.25) is 0 Å². The lowest BCUT2D eigenvalue weighted by Gasteiger charge is -2.21. The van der Waals surface area contributed by atoms with E-state index in [4.69, 9.17) is 5.73 Å². The van der Waals surface area contributed by atoms with Crippen LogP contribution in [0.1, 0.15) is 19.8 Å². The van der Waals surface area contributed by atoms with Gasteiger partial charge in [0, 0.05) is 31.9 Å². The molecule has 1 atom stereocenters. The number of hydrogen-bond donors (Lipinski definition) is 1. The molecule has 6 nitrogen and oxygen atoms in total. The number of aryl methyl sites for hydroxylation is 1. The minimum absolute atomic E-state index is 0. The number of aromatic nitrogens is 2. The van der Waals surface area contributed by atoms with Gasteiger partial charge in [0.05, 0.1) is 6.33 Å². The summed E-state index contributed by atoms with van der Waals surface area (Å²) in [7, 11) is -3.47. The first-order valence-corrected chi connectivity index (χ1v) is 7.27. The predicted octanol–water partition coefficient (Wildman–Crippen LogP) is 0.437. The van der Waals surface area contributed by atoms with E-state index >= 15 is 0 Å². The summed E-state index contributed by atoms with van der Waals surface area (Å²) in [5.74, 6) is 0. The molecule has 1 aromatic rings. The number of hydrogen-bond acceptors (Lipinski definition) is 4. The molecule has 1 aromatic heterocycles. The van der Waals surface area contributed by atoms with E-state index in [0.717, 1.165) is 12.8 Å². The zero-order chi connectivity index (χ0) is 12.5. The highest BCUT2D eigenvalue weighted by molar-refractivity contribution is 7.89. The summed E-state index contributed by atoms with van der Waals surface area (Å²) in [5, 5.41) is 0.125. The first-order valence-electron chi connectivity index (χ1n) is 5.83. The van der Waals surface area contributed by atoms with Crippen molar-refractivity contribution in [3.8, 4) is 0 Å². The molecule has 104 valence electrons. The zero-order valence-electron chi connectivity index (χ0n) is 10.3. The molecule has 0 amide bonds. The molecule has 0 aromatic carbocycles. The Morgan fingerprint density at radius 3 is 2.83 bits per heavy atom. The minimum Gasteiger partial charge on any atom is -0.336 e. The lowest BCUT2D eigenvalue weighted by molar-refractivity contribution is 0.391. The lowest BCUT2D eigenvalue weighted by atomic mass is 10.2. The molecule has 1 saturated heterocycles. The van der Waals surface area contributed by atoms with Crippen LogP contribution in [0.15, 0.2) is 17.6 Å². The summed E-state index contributed by atoms with van der Waals surface area (Å²) in [6.45, 7) is 3.57. The van der Waals surface area contributed by atoms with Gasteiger partial charge < -0.3 is 10.3 Å². The Balaban J connectivity index is 0.00000162. The first-order chi connectivity index (χ1) is 8.09. The van der Waals surface area contributed by atoms with E-state index < -0.39 is 10.0 Å².